The van der Waals surface area contributed by atoms with Gasteiger partial charge in [-0.2, -0.15) is 0 Å². The minimum Gasteiger partial charge on any atom is -0.232 e. The Hall–Kier alpha value is -0.350. The summed E-state index contributed by atoms with van der Waals surface area (Å²) in [5.41, 5.74) is 0. The molecule has 1 aromatic carbocycles. The van der Waals surface area contributed by atoms with E-state index in [0.29, 0.717) is 0 Å². The predicted molar refractivity (Wildman–Crippen MR) is 50.4 cm³/mol. The first-order valence-corrected chi connectivity index (χ1v) is 5.33. The summed E-state index contributed by atoms with van der Waals surface area (Å²) < 4.78 is 19.2. The van der Waals surface area contributed by atoms with Crippen LogP contribution < -0.4 is 0 Å². The third kappa shape index (κ3) is 9.65. The summed E-state index contributed by atoms with van der Waals surface area (Å²) in [6, 6.07) is 9.97. The van der Waals surface area contributed by atoms with E-state index in [-0.39, 0.29) is 0 Å². The van der Waals surface area contributed by atoms with E-state index in [1.807, 2.05) is 30.3 Å². The fraction of sp³-hybridized carbons (Fsp3) is 0.143. The Labute approximate surface area is 76.3 Å². The first-order chi connectivity index (χ1) is 5.13. The van der Waals surface area contributed by atoms with Crippen LogP contribution in [0.1, 0.15) is 0 Å². The van der Waals surface area contributed by atoms with Gasteiger partial charge in [-0.3, -0.25) is 0 Å². The highest BCUT2D eigenvalue weighted by molar-refractivity contribution is 9.10. The highest BCUT2D eigenvalue weighted by Gasteiger charge is 1.74. The van der Waals surface area contributed by atoms with E-state index in [9.17, 15) is 0 Å². The SMILES string of the molecule is Brc1ccccc1.C[SH](=O)=O. The molecule has 0 aliphatic carbocycles. The molecule has 4 heteroatoms. The molecule has 0 spiro atoms. The molecule has 0 bridgehead atoms. The largest absolute Gasteiger partial charge is 0.232 e. The summed E-state index contributed by atoms with van der Waals surface area (Å²) in [6.45, 7) is 0. The molecule has 0 atom stereocenters. The van der Waals surface area contributed by atoms with Gasteiger partial charge in [-0.1, -0.05) is 34.1 Å². The molecular formula is C7H9BrO2S. The predicted octanol–water partition coefficient (Wildman–Crippen LogP) is 1.68. The van der Waals surface area contributed by atoms with Gasteiger partial charge in [0.25, 0.3) is 0 Å². The van der Waals surface area contributed by atoms with Crippen molar-refractivity contribution in [3.63, 3.8) is 0 Å². The fourth-order valence-electron chi connectivity index (χ4n) is 0.415. The minimum absolute atomic E-state index is 1.12. The number of halogens is 1. The van der Waals surface area contributed by atoms with Crippen LogP contribution in [0.4, 0.5) is 0 Å². The molecule has 1 aromatic rings. The molecule has 0 unspecified atom stereocenters. The molecule has 0 N–H and O–H groups in total. The van der Waals surface area contributed by atoms with Gasteiger partial charge in [0.05, 0.1) is 0 Å². The molecule has 0 aliphatic rings. The van der Waals surface area contributed by atoms with E-state index in [1.54, 1.807) is 0 Å². The fourth-order valence-corrected chi connectivity index (χ4v) is 0.720. The summed E-state index contributed by atoms with van der Waals surface area (Å²) in [5.74, 6) is 0. The van der Waals surface area contributed by atoms with E-state index >= 15 is 0 Å². The second-order valence-electron chi connectivity index (χ2n) is 1.74. The van der Waals surface area contributed by atoms with Crippen molar-refractivity contribution in [2.24, 2.45) is 0 Å². The molecule has 0 radical (unpaired) electrons. The Bertz CT molecular complexity index is 248. The summed E-state index contributed by atoms with van der Waals surface area (Å²) in [6.07, 6.45) is 1.12. The minimum atomic E-state index is -2.12. The van der Waals surface area contributed by atoms with Crippen molar-refractivity contribution in [2.75, 3.05) is 6.26 Å². The van der Waals surface area contributed by atoms with Gasteiger partial charge in [-0.25, -0.2) is 8.42 Å². The topological polar surface area (TPSA) is 34.1 Å². The van der Waals surface area contributed by atoms with Crippen molar-refractivity contribution < 1.29 is 8.42 Å². The van der Waals surface area contributed by atoms with Crippen LogP contribution >= 0.6 is 15.9 Å². The third-order valence-electron chi connectivity index (χ3n) is 0.733. The van der Waals surface area contributed by atoms with Gasteiger partial charge in [0, 0.05) is 10.7 Å². The molecule has 62 valence electrons. The summed E-state index contributed by atoms with van der Waals surface area (Å²) in [5, 5.41) is 0. The van der Waals surface area contributed by atoms with E-state index in [2.05, 4.69) is 15.9 Å². The lowest BCUT2D eigenvalue weighted by molar-refractivity contribution is 0.619. The van der Waals surface area contributed by atoms with Crippen LogP contribution in [0.2, 0.25) is 0 Å². The molecule has 0 saturated carbocycles. The summed E-state index contributed by atoms with van der Waals surface area (Å²) in [4.78, 5) is 0. The zero-order valence-electron chi connectivity index (χ0n) is 6.03. The lowest BCUT2D eigenvalue weighted by Crippen LogP contribution is -1.56. The maximum Gasteiger partial charge on any atom is 0.137 e. The third-order valence-corrected chi connectivity index (χ3v) is 1.26. The van der Waals surface area contributed by atoms with Crippen LogP contribution in [0.25, 0.3) is 0 Å². The lowest BCUT2D eigenvalue weighted by atomic mass is 10.4. The van der Waals surface area contributed by atoms with Crippen LogP contribution in [0, 0.1) is 0 Å². The molecular weight excluding hydrogens is 228 g/mol. The standard InChI is InChI=1S/C6H5Br.CH4O2S/c7-6-4-2-1-3-5-6;1-4(2)3/h1-5H;4H,1H3. The second kappa shape index (κ2) is 6.37. The molecule has 1 rings (SSSR count). The van der Waals surface area contributed by atoms with Crippen LogP contribution in [0.3, 0.4) is 0 Å². The van der Waals surface area contributed by atoms with Crippen molar-refractivity contribution >= 4 is 26.6 Å². The number of rotatable bonds is 0. The van der Waals surface area contributed by atoms with Gasteiger partial charge in [-0.15, -0.1) is 0 Å². The van der Waals surface area contributed by atoms with Crippen molar-refractivity contribution in [3.8, 4) is 0 Å². The van der Waals surface area contributed by atoms with E-state index in [4.69, 9.17) is 8.42 Å². The molecule has 11 heavy (non-hydrogen) atoms. The Morgan fingerprint density at radius 3 is 1.73 bits per heavy atom. The number of thiol groups is 1. The maximum atomic E-state index is 9.04. The van der Waals surface area contributed by atoms with Crippen LogP contribution in [0.5, 0.6) is 0 Å². The van der Waals surface area contributed by atoms with Crippen LogP contribution in [-0.4, -0.2) is 14.7 Å². The average Bonchev–Trinajstić information content (AvgIpc) is 1.87. The normalized spacial score (nSPS) is 8.64. The van der Waals surface area contributed by atoms with Crippen molar-refractivity contribution in [1.82, 2.24) is 0 Å². The first kappa shape index (κ1) is 10.7. The maximum absolute atomic E-state index is 9.04. The number of hydrogen-bond donors (Lipinski definition) is 1. The Kier molecular flexibility index (Phi) is 6.16. The lowest BCUT2D eigenvalue weighted by Gasteiger charge is -1.80. The van der Waals surface area contributed by atoms with Gasteiger partial charge >= 0.3 is 0 Å². The Morgan fingerprint density at radius 1 is 1.18 bits per heavy atom. The highest BCUT2D eigenvalue weighted by Crippen LogP contribution is 2.05. The van der Waals surface area contributed by atoms with Gasteiger partial charge in [0.1, 0.15) is 10.7 Å². The van der Waals surface area contributed by atoms with Gasteiger partial charge in [-0.05, 0) is 12.1 Å². The molecule has 0 aromatic heterocycles. The Balaban J connectivity index is 0.000000218. The van der Waals surface area contributed by atoms with Gasteiger partial charge in [0.2, 0.25) is 0 Å². The van der Waals surface area contributed by atoms with Crippen molar-refractivity contribution in [2.45, 2.75) is 0 Å². The second-order valence-corrected chi connectivity index (χ2v) is 3.53. The van der Waals surface area contributed by atoms with Crippen LogP contribution in [-0.2, 0) is 10.7 Å². The summed E-state index contributed by atoms with van der Waals surface area (Å²) in [7, 11) is -2.12. The molecule has 0 fully saturated rings. The van der Waals surface area contributed by atoms with E-state index in [1.165, 1.54) is 0 Å². The average molecular weight is 237 g/mol. The van der Waals surface area contributed by atoms with Gasteiger partial charge < -0.3 is 0 Å². The molecule has 2 nitrogen and oxygen atoms in total. The smallest absolute Gasteiger partial charge is 0.137 e. The molecule has 0 saturated heterocycles. The van der Waals surface area contributed by atoms with E-state index in [0.717, 1.165) is 10.7 Å². The van der Waals surface area contributed by atoms with Crippen molar-refractivity contribution in [3.05, 3.63) is 34.8 Å². The first-order valence-electron chi connectivity index (χ1n) is 2.91. The number of benzene rings is 1. The zero-order valence-corrected chi connectivity index (χ0v) is 8.51. The Morgan fingerprint density at radius 2 is 1.55 bits per heavy atom. The zero-order chi connectivity index (χ0) is 8.69. The monoisotopic (exact) mass is 236 g/mol. The number of hydrogen-bond acceptors (Lipinski definition) is 2. The quantitative estimate of drug-likeness (QED) is 0.696. The van der Waals surface area contributed by atoms with E-state index < -0.39 is 10.7 Å². The van der Waals surface area contributed by atoms with Crippen LogP contribution in [0.15, 0.2) is 34.8 Å². The highest BCUT2D eigenvalue weighted by atomic mass is 79.9. The van der Waals surface area contributed by atoms with Crippen molar-refractivity contribution in [1.29, 1.82) is 0 Å². The molecule has 0 aliphatic heterocycles. The summed E-state index contributed by atoms with van der Waals surface area (Å²) >= 11 is 3.31. The van der Waals surface area contributed by atoms with Gasteiger partial charge in [0.15, 0.2) is 0 Å². The molecule has 0 amide bonds. The molecule has 0 heterocycles.